The van der Waals surface area contributed by atoms with E-state index in [0.29, 0.717) is 16.9 Å². The van der Waals surface area contributed by atoms with E-state index in [1.54, 1.807) is 32.2 Å². The lowest BCUT2D eigenvalue weighted by Crippen LogP contribution is -2.16. The number of halogens is 1. The van der Waals surface area contributed by atoms with E-state index in [1.165, 1.54) is 11.8 Å². The lowest BCUT2D eigenvalue weighted by molar-refractivity contribution is 0.0589. The lowest BCUT2D eigenvalue weighted by Gasteiger charge is -2.07. The van der Waals surface area contributed by atoms with Crippen LogP contribution >= 0.6 is 15.9 Å². The molecule has 1 N–H and O–H groups in total. The minimum Gasteiger partial charge on any atom is -0.464 e. The predicted molar refractivity (Wildman–Crippen MR) is 81.4 cm³/mol. The van der Waals surface area contributed by atoms with Crippen LogP contribution in [0.4, 0.5) is 5.69 Å². The van der Waals surface area contributed by atoms with Gasteiger partial charge in [-0.25, -0.2) is 4.79 Å². The van der Waals surface area contributed by atoms with Crippen molar-refractivity contribution >= 4 is 33.5 Å². The molecular formula is C14H14BrN3O3. The van der Waals surface area contributed by atoms with Crippen molar-refractivity contribution in [1.29, 1.82) is 0 Å². The highest BCUT2D eigenvalue weighted by atomic mass is 79.9. The number of amides is 1. The quantitative estimate of drug-likeness (QED) is 0.862. The normalized spacial score (nSPS) is 10.3. The topological polar surface area (TPSA) is 73.2 Å². The number of rotatable bonds is 3. The Hall–Kier alpha value is -2.15. The molecule has 0 spiro atoms. The zero-order valence-electron chi connectivity index (χ0n) is 11.8. The van der Waals surface area contributed by atoms with Crippen LogP contribution in [-0.2, 0) is 11.8 Å². The molecule has 1 amide bonds. The van der Waals surface area contributed by atoms with Crippen molar-refractivity contribution in [2.75, 3.05) is 12.4 Å². The van der Waals surface area contributed by atoms with Crippen LogP contribution < -0.4 is 5.32 Å². The Morgan fingerprint density at radius 1 is 1.38 bits per heavy atom. The summed E-state index contributed by atoms with van der Waals surface area (Å²) in [6.07, 6.45) is 0. The van der Waals surface area contributed by atoms with Gasteiger partial charge in [0.05, 0.1) is 18.5 Å². The highest BCUT2D eigenvalue weighted by Gasteiger charge is 2.22. The molecule has 0 unspecified atom stereocenters. The number of nitrogens with one attached hydrogen (secondary N) is 1. The number of carbonyl (C=O) groups excluding carboxylic acids is 2. The highest BCUT2D eigenvalue weighted by molar-refractivity contribution is 9.10. The van der Waals surface area contributed by atoms with Gasteiger partial charge >= 0.3 is 5.97 Å². The van der Waals surface area contributed by atoms with Crippen LogP contribution in [0.3, 0.4) is 0 Å². The van der Waals surface area contributed by atoms with Crippen molar-refractivity contribution in [3.05, 3.63) is 45.7 Å². The van der Waals surface area contributed by atoms with Gasteiger partial charge in [-0.3, -0.25) is 9.48 Å². The van der Waals surface area contributed by atoms with Crippen LogP contribution in [-0.4, -0.2) is 28.8 Å². The zero-order chi connectivity index (χ0) is 15.6. The molecule has 0 radical (unpaired) electrons. The van der Waals surface area contributed by atoms with E-state index < -0.39 is 5.97 Å². The number of carbonyl (C=O) groups is 2. The fraction of sp³-hybridized carbons (Fsp3) is 0.214. The molecule has 0 aliphatic rings. The Morgan fingerprint density at radius 2 is 2.10 bits per heavy atom. The maximum Gasteiger partial charge on any atom is 0.358 e. The smallest absolute Gasteiger partial charge is 0.358 e. The minimum atomic E-state index is -0.553. The average Bonchev–Trinajstić information content (AvgIpc) is 2.72. The number of esters is 1. The van der Waals surface area contributed by atoms with Gasteiger partial charge in [-0.2, -0.15) is 5.10 Å². The second-order valence-electron chi connectivity index (χ2n) is 4.39. The second-order valence-corrected chi connectivity index (χ2v) is 5.30. The SMILES string of the molecule is COC(=O)c1c(NC(=O)c2cccc(Br)c2)c(C)nn1C. The van der Waals surface area contributed by atoms with Gasteiger partial charge in [0, 0.05) is 17.1 Å². The van der Waals surface area contributed by atoms with Gasteiger partial charge in [-0.05, 0) is 25.1 Å². The standard InChI is InChI=1S/C14H14BrN3O3/c1-8-11(12(14(20)21-3)18(2)17-8)16-13(19)9-5-4-6-10(15)7-9/h4-7H,1-3H3,(H,16,19). The van der Waals surface area contributed by atoms with Crippen molar-refractivity contribution in [3.8, 4) is 0 Å². The van der Waals surface area contributed by atoms with E-state index in [0.717, 1.165) is 4.47 Å². The summed E-state index contributed by atoms with van der Waals surface area (Å²) < 4.78 is 6.90. The third kappa shape index (κ3) is 3.13. The number of benzene rings is 1. The molecular weight excluding hydrogens is 338 g/mol. The predicted octanol–water partition coefficient (Wildman–Crippen LogP) is 2.53. The first-order valence-electron chi connectivity index (χ1n) is 6.13. The van der Waals surface area contributed by atoms with Gasteiger partial charge in [0.2, 0.25) is 0 Å². The first-order valence-corrected chi connectivity index (χ1v) is 6.92. The third-order valence-electron chi connectivity index (χ3n) is 2.93. The van der Waals surface area contributed by atoms with Gasteiger partial charge in [0.1, 0.15) is 0 Å². The maximum absolute atomic E-state index is 12.3. The number of nitrogens with zero attached hydrogens (tertiary/aromatic N) is 2. The first kappa shape index (κ1) is 15.2. The van der Waals surface area contributed by atoms with Crippen molar-refractivity contribution in [2.45, 2.75) is 6.92 Å². The summed E-state index contributed by atoms with van der Waals surface area (Å²) in [4.78, 5) is 24.1. The number of aromatic nitrogens is 2. The largest absolute Gasteiger partial charge is 0.464 e. The van der Waals surface area contributed by atoms with E-state index >= 15 is 0 Å². The molecule has 2 aromatic rings. The summed E-state index contributed by atoms with van der Waals surface area (Å²) in [6, 6.07) is 6.96. The number of ether oxygens (including phenoxy) is 1. The fourth-order valence-electron chi connectivity index (χ4n) is 1.95. The fourth-order valence-corrected chi connectivity index (χ4v) is 2.35. The van der Waals surface area contributed by atoms with Gasteiger partial charge in [-0.1, -0.05) is 22.0 Å². The number of methoxy groups -OCH3 is 1. The van der Waals surface area contributed by atoms with Gasteiger partial charge in [0.15, 0.2) is 5.69 Å². The van der Waals surface area contributed by atoms with E-state index in [4.69, 9.17) is 4.74 Å². The van der Waals surface area contributed by atoms with Crippen molar-refractivity contribution in [3.63, 3.8) is 0 Å². The van der Waals surface area contributed by atoms with Gasteiger partial charge in [0.25, 0.3) is 5.91 Å². The molecule has 1 aromatic heterocycles. The molecule has 0 fully saturated rings. The Labute approximate surface area is 130 Å². The Kier molecular flexibility index (Phi) is 4.42. The van der Waals surface area contributed by atoms with Gasteiger partial charge < -0.3 is 10.1 Å². The Balaban J connectivity index is 2.35. The molecule has 110 valence electrons. The molecule has 0 aliphatic heterocycles. The van der Waals surface area contributed by atoms with Gasteiger partial charge in [-0.15, -0.1) is 0 Å². The number of anilines is 1. The van der Waals surface area contributed by atoms with Crippen molar-refractivity contribution in [1.82, 2.24) is 9.78 Å². The molecule has 21 heavy (non-hydrogen) atoms. The van der Waals surface area contributed by atoms with Crippen molar-refractivity contribution < 1.29 is 14.3 Å². The summed E-state index contributed by atoms with van der Waals surface area (Å²) in [6.45, 7) is 1.71. The van der Waals surface area contributed by atoms with Crippen LogP contribution in [0.15, 0.2) is 28.7 Å². The zero-order valence-corrected chi connectivity index (χ0v) is 13.4. The minimum absolute atomic E-state index is 0.207. The monoisotopic (exact) mass is 351 g/mol. The van der Waals surface area contributed by atoms with E-state index in [1.807, 2.05) is 6.07 Å². The summed E-state index contributed by atoms with van der Waals surface area (Å²) in [7, 11) is 2.90. The molecule has 7 heteroatoms. The molecule has 1 aromatic carbocycles. The van der Waals surface area contributed by atoms with Crippen molar-refractivity contribution in [2.24, 2.45) is 7.05 Å². The molecule has 0 atom stereocenters. The molecule has 1 heterocycles. The molecule has 0 bridgehead atoms. The van der Waals surface area contributed by atoms with Crippen LogP contribution in [0.5, 0.6) is 0 Å². The summed E-state index contributed by atoms with van der Waals surface area (Å²) in [5.74, 6) is -0.875. The van der Waals surface area contributed by atoms with Crippen LogP contribution in [0.2, 0.25) is 0 Å². The average molecular weight is 352 g/mol. The van der Waals surface area contributed by atoms with E-state index in [-0.39, 0.29) is 11.6 Å². The molecule has 6 nitrogen and oxygen atoms in total. The second kappa shape index (κ2) is 6.09. The van der Waals surface area contributed by atoms with Crippen LogP contribution in [0, 0.1) is 6.92 Å². The summed E-state index contributed by atoms with van der Waals surface area (Å²) in [5, 5.41) is 6.85. The number of aryl methyl sites for hydroxylation is 2. The summed E-state index contributed by atoms with van der Waals surface area (Å²) >= 11 is 3.31. The molecule has 0 saturated carbocycles. The molecule has 0 saturated heterocycles. The van der Waals surface area contributed by atoms with E-state index in [9.17, 15) is 9.59 Å². The van der Waals surface area contributed by atoms with Crippen LogP contribution in [0.25, 0.3) is 0 Å². The number of hydrogen-bond acceptors (Lipinski definition) is 4. The number of hydrogen-bond donors (Lipinski definition) is 1. The summed E-state index contributed by atoms with van der Waals surface area (Å²) in [5.41, 5.74) is 1.58. The first-order chi connectivity index (χ1) is 9.93. The Bertz CT molecular complexity index is 709. The molecule has 0 aliphatic carbocycles. The molecule has 2 rings (SSSR count). The highest BCUT2D eigenvalue weighted by Crippen LogP contribution is 2.22. The van der Waals surface area contributed by atoms with Crippen LogP contribution in [0.1, 0.15) is 26.5 Å². The Morgan fingerprint density at radius 3 is 2.71 bits per heavy atom. The third-order valence-corrected chi connectivity index (χ3v) is 3.42. The van der Waals surface area contributed by atoms with E-state index in [2.05, 4.69) is 26.3 Å². The maximum atomic E-state index is 12.3. The lowest BCUT2D eigenvalue weighted by atomic mass is 10.2.